The van der Waals surface area contributed by atoms with Gasteiger partial charge in [-0.05, 0) is 47.5 Å². The Labute approximate surface area is 209 Å². The van der Waals surface area contributed by atoms with Crippen molar-refractivity contribution >= 4 is 23.2 Å². The van der Waals surface area contributed by atoms with Crippen LogP contribution in [0.15, 0.2) is 72.8 Å². The molecule has 1 unspecified atom stereocenters. The van der Waals surface area contributed by atoms with Crippen LogP contribution in [0.2, 0.25) is 0 Å². The van der Waals surface area contributed by atoms with E-state index in [2.05, 4.69) is 4.90 Å². The molecule has 0 aromatic heterocycles. The third-order valence-electron chi connectivity index (χ3n) is 6.57. The molecule has 2 aliphatic rings. The van der Waals surface area contributed by atoms with E-state index in [1.807, 2.05) is 36.4 Å². The minimum Gasteiger partial charge on any atom is -0.379 e. The molecule has 9 heteroatoms. The number of anilines is 2. The van der Waals surface area contributed by atoms with Crippen molar-refractivity contribution < 1.29 is 24.6 Å². The number of carbonyl (C=O) groups is 2. The van der Waals surface area contributed by atoms with Crippen molar-refractivity contribution in [3.63, 3.8) is 0 Å². The molecule has 1 atom stereocenters. The summed E-state index contributed by atoms with van der Waals surface area (Å²) >= 11 is 0. The summed E-state index contributed by atoms with van der Waals surface area (Å²) in [5.74, 6) is -0.871. The molecule has 0 saturated carbocycles. The quantitative estimate of drug-likeness (QED) is 0.362. The molecule has 2 aliphatic heterocycles. The number of ether oxygens (including phenoxy) is 1. The van der Waals surface area contributed by atoms with Gasteiger partial charge in [-0.3, -0.25) is 24.6 Å². The van der Waals surface area contributed by atoms with Crippen LogP contribution in [0.5, 0.6) is 0 Å². The molecule has 36 heavy (non-hydrogen) atoms. The van der Waals surface area contributed by atoms with Gasteiger partial charge < -0.3 is 14.7 Å². The molecule has 0 radical (unpaired) electrons. The second-order valence-electron chi connectivity index (χ2n) is 8.86. The first-order valence-electron chi connectivity index (χ1n) is 11.8. The van der Waals surface area contributed by atoms with Gasteiger partial charge in [-0.15, -0.1) is 0 Å². The second-order valence-corrected chi connectivity index (χ2v) is 8.86. The lowest BCUT2D eigenvalue weighted by Crippen LogP contribution is -2.55. The Morgan fingerprint density at radius 1 is 0.917 bits per heavy atom. The van der Waals surface area contributed by atoms with Crippen LogP contribution >= 0.6 is 0 Å². The standard InChI is InChI=1S/C27H28N4O5/c32-25(28-35)21-9-5-20(6-10-21)18-30-24-4-2-1-3-23(24)26(33)31(27(30)34)22-11-7-19(8-12-22)17-29-13-15-36-16-14-29/h1-12,27,34-35H,13-18H2,(H,28,32). The van der Waals surface area contributed by atoms with Gasteiger partial charge in [0, 0.05) is 37.4 Å². The fraction of sp³-hybridized carbons (Fsp3) is 0.259. The number of rotatable bonds is 6. The molecule has 2 amide bonds. The maximum atomic E-state index is 13.4. The summed E-state index contributed by atoms with van der Waals surface area (Å²) in [6, 6.07) is 21.6. The number of nitrogens with one attached hydrogen (secondary N) is 1. The predicted octanol–water partition coefficient (Wildman–Crippen LogP) is 2.58. The number of para-hydroxylation sites is 1. The average Bonchev–Trinajstić information content (AvgIpc) is 2.92. The molecule has 0 aliphatic carbocycles. The van der Waals surface area contributed by atoms with Crippen LogP contribution < -0.4 is 15.3 Å². The Kier molecular flexibility index (Phi) is 6.97. The SMILES string of the molecule is O=C(NO)c1ccc(CN2c3ccccc3C(=O)N(c3ccc(CN4CCOCC4)cc3)C2O)cc1. The van der Waals surface area contributed by atoms with Crippen molar-refractivity contribution in [2.45, 2.75) is 19.4 Å². The normalized spacial score (nSPS) is 18.2. The van der Waals surface area contributed by atoms with Crippen LogP contribution in [-0.4, -0.2) is 59.7 Å². The zero-order chi connectivity index (χ0) is 25.1. The molecule has 3 aromatic carbocycles. The third-order valence-corrected chi connectivity index (χ3v) is 6.57. The summed E-state index contributed by atoms with van der Waals surface area (Å²) in [6.45, 7) is 4.36. The minimum absolute atomic E-state index is 0.273. The lowest BCUT2D eigenvalue weighted by Gasteiger charge is -2.42. The number of aliphatic hydroxyl groups is 1. The van der Waals surface area contributed by atoms with E-state index in [4.69, 9.17) is 9.94 Å². The first kappa shape index (κ1) is 24.0. The van der Waals surface area contributed by atoms with Crippen LogP contribution in [0.25, 0.3) is 0 Å². The Hall–Kier alpha value is -3.76. The number of hydrogen-bond donors (Lipinski definition) is 3. The van der Waals surface area contributed by atoms with E-state index in [1.165, 1.54) is 4.90 Å². The van der Waals surface area contributed by atoms with E-state index in [1.54, 1.807) is 46.8 Å². The summed E-state index contributed by atoms with van der Waals surface area (Å²) in [7, 11) is 0. The van der Waals surface area contributed by atoms with Crippen molar-refractivity contribution in [1.29, 1.82) is 0 Å². The number of hydrogen-bond acceptors (Lipinski definition) is 7. The van der Waals surface area contributed by atoms with E-state index in [0.717, 1.165) is 44.0 Å². The Bertz CT molecular complexity index is 1230. The highest BCUT2D eigenvalue weighted by atomic mass is 16.5. The Morgan fingerprint density at radius 3 is 2.25 bits per heavy atom. The molecule has 0 bridgehead atoms. The molecule has 2 heterocycles. The zero-order valence-electron chi connectivity index (χ0n) is 19.7. The number of amides is 2. The van der Waals surface area contributed by atoms with Crippen molar-refractivity contribution in [2.24, 2.45) is 0 Å². The highest BCUT2D eigenvalue weighted by Gasteiger charge is 2.37. The fourth-order valence-electron chi connectivity index (χ4n) is 4.62. The number of morpholine rings is 1. The van der Waals surface area contributed by atoms with Crippen LogP contribution in [0.1, 0.15) is 31.8 Å². The maximum absolute atomic E-state index is 13.4. The molecule has 3 aromatic rings. The van der Waals surface area contributed by atoms with Gasteiger partial charge in [0.25, 0.3) is 11.8 Å². The van der Waals surface area contributed by atoms with Crippen molar-refractivity contribution in [1.82, 2.24) is 10.4 Å². The molecule has 5 rings (SSSR count). The van der Waals surface area contributed by atoms with E-state index in [9.17, 15) is 14.7 Å². The molecule has 1 saturated heterocycles. The molecule has 1 fully saturated rings. The lowest BCUT2D eigenvalue weighted by molar-refractivity contribution is 0.0342. The van der Waals surface area contributed by atoms with Gasteiger partial charge in [-0.2, -0.15) is 0 Å². The van der Waals surface area contributed by atoms with Crippen molar-refractivity contribution in [3.8, 4) is 0 Å². The van der Waals surface area contributed by atoms with E-state index < -0.39 is 12.3 Å². The van der Waals surface area contributed by atoms with Crippen molar-refractivity contribution in [2.75, 3.05) is 36.1 Å². The first-order valence-corrected chi connectivity index (χ1v) is 11.8. The number of fused-ring (bicyclic) bond motifs is 1. The monoisotopic (exact) mass is 488 g/mol. The molecule has 9 nitrogen and oxygen atoms in total. The molecular weight excluding hydrogens is 460 g/mol. The number of hydroxylamine groups is 1. The Balaban J connectivity index is 1.40. The summed E-state index contributed by atoms with van der Waals surface area (Å²) in [5.41, 5.74) is 5.62. The topological polar surface area (TPSA) is 106 Å². The summed E-state index contributed by atoms with van der Waals surface area (Å²) in [6.07, 6.45) is -1.22. The zero-order valence-corrected chi connectivity index (χ0v) is 19.7. The summed E-state index contributed by atoms with van der Waals surface area (Å²) < 4.78 is 5.42. The van der Waals surface area contributed by atoms with Crippen LogP contribution in [-0.2, 0) is 17.8 Å². The van der Waals surface area contributed by atoms with Crippen molar-refractivity contribution in [3.05, 3.63) is 95.1 Å². The van der Waals surface area contributed by atoms with Crippen LogP contribution in [0.4, 0.5) is 11.4 Å². The predicted molar refractivity (Wildman–Crippen MR) is 134 cm³/mol. The fourth-order valence-corrected chi connectivity index (χ4v) is 4.62. The van der Waals surface area contributed by atoms with E-state index in [-0.39, 0.29) is 5.91 Å². The largest absolute Gasteiger partial charge is 0.379 e. The van der Waals surface area contributed by atoms with Crippen LogP contribution in [0, 0.1) is 0 Å². The van der Waals surface area contributed by atoms with Gasteiger partial charge >= 0.3 is 0 Å². The number of carbonyl (C=O) groups excluding carboxylic acids is 2. The highest BCUT2D eigenvalue weighted by Crippen LogP contribution is 2.34. The lowest BCUT2D eigenvalue weighted by atomic mass is 10.0. The maximum Gasteiger partial charge on any atom is 0.274 e. The second kappa shape index (κ2) is 10.5. The van der Waals surface area contributed by atoms with E-state index in [0.29, 0.717) is 29.0 Å². The van der Waals surface area contributed by atoms with Gasteiger partial charge in [-0.1, -0.05) is 36.4 Å². The summed E-state index contributed by atoms with van der Waals surface area (Å²) in [4.78, 5) is 30.5. The molecule has 0 spiro atoms. The van der Waals surface area contributed by atoms with Gasteiger partial charge in [-0.25, -0.2) is 5.48 Å². The minimum atomic E-state index is -1.22. The van der Waals surface area contributed by atoms with Crippen LogP contribution in [0.3, 0.4) is 0 Å². The molecular formula is C27H28N4O5. The smallest absolute Gasteiger partial charge is 0.274 e. The molecule has 186 valence electrons. The first-order chi connectivity index (χ1) is 17.5. The van der Waals surface area contributed by atoms with Gasteiger partial charge in [0.1, 0.15) is 0 Å². The highest BCUT2D eigenvalue weighted by molar-refractivity contribution is 6.12. The Morgan fingerprint density at radius 2 is 1.56 bits per heavy atom. The third kappa shape index (κ3) is 4.82. The summed E-state index contributed by atoms with van der Waals surface area (Å²) in [5, 5.41) is 20.2. The molecule has 3 N–H and O–H groups in total. The van der Waals surface area contributed by atoms with Gasteiger partial charge in [0.15, 0.2) is 0 Å². The number of benzene rings is 3. The van der Waals surface area contributed by atoms with Gasteiger partial charge in [0.2, 0.25) is 6.35 Å². The van der Waals surface area contributed by atoms with Gasteiger partial charge in [0.05, 0.1) is 24.5 Å². The van der Waals surface area contributed by atoms with E-state index >= 15 is 0 Å². The number of aliphatic hydroxyl groups excluding tert-OH is 1. The average molecular weight is 489 g/mol. The number of nitrogens with zero attached hydrogens (tertiary/aromatic N) is 3.